The molecule has 0 aromatic heterocycles. The van der Waals surface area contributed by atoms with E-state index >= 15 is 0 Å². The molecule has 0 amide bonds. The van der Waals surface area contributed by atoms with E-state index in [1.54, 1.807) is 0 Å². The second kappa shape index (κ2) is 7.30. The fourth-order valence-corrected chi connectivity index (χ4v) is 3.33. The molecule has 1 atom stereocenters. The Kier molecular flexibility index (Phi) is 5.65. The van der Waals surface area contributed by atoms with Crippen LogP contribution in [0.25, 0.3) is 0 Å². The quantitative estimate of drug-likeness (QED) is 0.831. The van der Waals surface area contributed by atoms with Gasteiger partial charge >= 0.3 is 6.61 Å². The number of sulfonamides is 1. The Morgan fingerprint density at radius 2 is 2.14 bits per heavy atom. The fourth-order valence-electron chi connectivity index (χ4n) is 2.23. The molecule has 0 radical (unpaired) electrons. The van der Waals surface area contributed by atoms with Crippen LogP contribution in [0.15, 0.2) is 23.1 Å². The largest absolute Gasteiger partial charge is 0.432 e. The first kappa shape index (κ1) is 17.0. The fraction of sp³-hybridized carbons (Fsp3) is 0.538. The molecule has 0 spiro atoms. The van der Waals surface area contributed by atoms with E-state index in [0.717, 1.165) is 37.9 Å². The first-order valence-electron chi connectivity index (χ1n) is 6.86. The SMILES string of the molecule is O=S(=O)(NC[C@@H]1CCCCN1)c1ccc(OC(F)F)c(F)c1. The highest BCUT2D eigenvalue weighted by Crippen LogP contribution is 2.22. The summed E-state index contributed by atoms with van der Waals surface area (Å²) in [6.07, 6.45) is 2.94. The number of hydrogen-bond acceptors (Lipinski definition) is 4. The number of ether oxygens (including phenoxy) is 1. The van der Waals surface area contributed by atoms with Gasteiger partial charge in [-0.1, -0.05) is 6.42 Å². The van der Waals surface area contributed by atoms with Crippen LogP contribution in [-0.2, 0) is 10.0 Å². The predicted molar refractivity (Wildman–Crippen MR) is 73.9 cm³/mol. The van der Waals surface area contributed by atoms with Crippen LogP contribution in [0.2, 0.25) is 0 Å². The summed E-state index contributed by atoms with van der Waals surface area (Å²) < 4.78 is 68.1. The molecule has 1 aromatic carbocycles. The lowest BCUT2D eigenvalue weighted by atomic mass is 10.1. The van der Waals surface area contributed by atoms with Gasteiger partial charge in [0.25, 0.3) is 0 Å². The molecule has 2 rings (SSSR count). The van der Waals surface area contributed by atoms with Crippen LogP contribution in [0, 0.1) is 5.82 Å². The minimum absolute atomic E-state index is 0.0369. The van der Waals surface area contributed by atoms with Crippen molar-refractivity contribution in [2.75, 3.05) is 13.1 Å². The summed E-state index contributed by atoms with van der Waals surface area (Å²) in [6.45, 7) is -2.15. The van der Waals surface area contributed by atoms with Gasteiger partial charge in [0.2, 0.25) is 10.0 Å². The van der Waals surface area contributed by atoms with E-state index in [0.29, 0.717) is 6.07 Å². The maximum Gasteiger partial charge on any atom is 0.387 e. The molecule has 1 aliphatic rings. The summed E-state index contributed by atoms with van der Waals surface area (Å²) >= 11 is 0. The molecule has 1 fully saturated rings. The number of benzene rings is 1. The summed E-state index contributed by atoms with van der Waals surface area (Å²) in [5.41, 5.74) is 0. The Hall–Kier alpha value is -1.32. The van der Waals surface area contributed by atoms with Gasteiger partial charge in [0.1, 0.15) is 0 Å². The van der Waals surface area contributed by atoms with Crippen molar-refractivity contribution in [3.63, 3.8) is 0 Å². The summed E-state index contributed by atoms with van der Waals surface area (Å²) in [4.78, 5) is -0.331. The Bertz CT molecular complexity index is 605. The third-order valence-corrected chi connectivity index (χ3v) is 4.78. The lowest BCUT2D eigenvalue weighted by Crippen LogP contribution is -2.43. The maximum absolute atomic E-state index is 13.6. The Labute approximate surface area is 126 Å². The van der Waals surface area contributed by atoms with Gasteiger partial charge in [-0.25, -0.2) is 17.5 Å². The zero-order valence-corrected chi connectivity index (χ0v) is 12.5. The average Bonchev–Trinajstić information content (AvgIpc) is 2.48. The van der Waals surface area contributed by atoms with E-state index in [2.05, 4.69) is 14.8 Å². The minimum atomic E-state index is -3.90. The minimum Gasteiger partial charge on any atom is -0.432 e. The summed E-state index contributed by atoms with van der Waals surface area (Å²) in [6, 6.07) is 2.59. The van der Waals surface area contributed by atoms with Crippen molar-refractivity contribution in [3.8, 4) is 5.75 Å². The summed E-state index contributed by atoms with van der Waals surface area (Å²) in [5.74, 6) is -1.85. The molecule has 0 bridgehead atoms. The van der Waals surface area contributed by atoms with Gasteiger partial charge in [-0.2, -0.15) is 8.78 Å². The average molecular weight is 338 g/mol. The van der Waals surface area contributed by atoms with Crippen molar-refractivity contribution in [2.45, 2.75) is 36.8 Å². The molecule has 1 aliphatic heterocycles. The van der Waals surface area contributed by atoms with E-state index in [9.17, 15) is 21.6 Å². The van der Waals surface area contributed by atoms with E-state index in [4.69, 9.17) is 0 Å². The molecular formula is C13H17F3N2O3S. The molecule has 1 aromatic rings. The normalized spacial score (nSPS) is 19.4. The standard InChI is InChI=1S/C13H17F3N2O3S/c14-11-7-10(4-5-12(11)21-13(15)16)22(19,20)18-8-9-3-1-2-6-17-9/h4-5,7,9,13,17-18H,1-3,6,8H2/t9-/m0/s1. The topological polar surface area (TPSA) is 67.4 Å². The second-order valence-corrected chi connectivity index (χ2v) is 6.74. The zero-order valence-electron chi connectivity index (χ0n) is 11.7. The lowest BCUT2D eigenvalue weighted by molar-refractivity contribution is -0.0522. The van der Waals surface area contributed by atoms with E-state index in [1.165, 1.54) is 0 Å². The molecule has 0 saturated carbocycles. The van der Waals surface area contributed by atoms with E-state index in [1.807, 2.05) is 0 Å². The van der Waals surface area contributed by atoms with Gasteiger partial charge in [-0.05, 0) is 37.6 Å². The number of alkyl halides is 2. The van der Waals surface area contributed by atoms with Crippen molar-refractivity contribution in [1.29, 1.82) is 0 Å². The van der Waals surface area contributed by atoms with Gasteiger partial charge < -0.3 is 10.1 Å². The Morgan fingerprint density at radius 1 is 1.36 bits per heavy atom. The zero-order chi connectivity index (χ0) is 16.2. The van der Waals surface area contributed by atoms with Crippen molar-refractivity contribution >= 4 is 10.0 Å². The maximum atomic E-state index is 13.6. The van der Waals surface area contributed by atoms with Crippen molar-refractivity contribution < 1.29 is 26.3 Å². The van der Waals surface area contributed by atoms with Crippen LogP contribution in [0.3, 0.4) is 0 Å². The monoisotopic (exact) mass is 338 g/mol. The van der Waals surface area contributed by atoms with Crippen LogP contribution in [0.4, 0.5) is 13.2 Å². The number of halogens is 3. The molecule has 5 nitrogen and oxygen atoms in total. The summed E-state index contributed by atoms with van der Waals surface area (Å²) in [7, 11) is -3.90. The van der Waals surface area contributed by atoms with Gasteiger partial charge in [0.15, 0.2) is 11.6 Å². The van der Waals surface area contributed by atoms with Crippen LogP contribution in [0.5, 0.6) is 5.75 Å². The number of nitrogens with one attached hydrogen (secondary N) is 2. The second-order valence-electron chi connectivity index (χ2n) is 4.97. The van der Waals surface area contributed by atoms with Crippen molar-refractivity contribution in [2.24, 2.45) is 0 Å². The van der Waals surface area contributed by atoms with Crippen LogP contribution in [0.1, 0.15) is 19.3 Å². The molecule has 2 N–H and O–H groups in total. The molecule has 0 aliphatic carbocycles. The third-order valence-electron chi connectivity index (χ3n) is 3.36. The van der Waals surface area contributed by atoms with Gasteiger partial charge in [0.05, 0.1) is 4.90 Å². The van der Waals surface area contributed by atoms with Gasteiger partial charge in [-0.15, -0.1) is 0 Å². The summed E-state index contributed by atoms with van der Waals surface area (Å²) in [5, 5.41) is 3.18. The Balaban J connectivity index is 2.03. The van der Waals surface area contributed by atoms with Crippen LogP contribution < -0.4 is 14.8 Å². The highest BCUT2D eigenvalue weighted by molar-refractivity contribution is 7.89. The van der Waals surface area contributed by atoms with Crippen molar-refractivity contribution in [1.82, 2.24) is 10.0 Å². The highest BCUT2D eigenvalue weighted by Gasteiger charge is 2.20. The van der Waals surface area contributed by atoms with Crippen molar-refractivity contribution in [3.05, 3.63) is 24.0 Å². The number of rotatable bonds is 6. The molecule has 1 heterocycles. The predicted octanol–water partition coefficient (Wildman–Crippen LogP) is 1.85. The molecular weight excluding hydrogens is 321 g/mol. The number of hydrogen-bond donors (Lipinski definition) is 2. The number of piperidine rings is 1. The molecule has 9 heteroatoms. The molecule has 22 heavy (non-hydrogen) atoms. The lowest BCUT2D eigenvalue weighted by Gasteiger charge is -2.23. The highest BCUT2D eigenvalue weighted by atomic mass is 32.2. The smallest absolute Gasteiger partial charge is 0.387 e. The first-order valence-corrected chi connectivity index (χ1v) is 8.34. The van der Waals surface area contributed by atoms with E-state index in [-0.39, 0.29) is 17.5 Å². The Morgan fingerprint density at radius 3 is 2.73 bits per heavy atom. The van der Waals surface area contributed by atoms with Gasteiger partial charge in [0, 0.05) is 12.6 Å². The molecule has 1 saturated heterocycles. The van der Waals surface area contributed by atoms with E-state index < -0.39 is 28.2 Å². The third kappa shape index (κ3) is 4.59. The van der Waals surface area contributed by atoms with Crippen LogP contribution >= 0.6 is 0 Å². The van der Waals surface area contributed by atoms with Gasteiger partial charge in [-0.3, -0.25) is 0 Å². The molecule has 124 valence electrons. The van der Waals surface area contributed by atoms with Crippen LogP contribution in [-0.4, -0.2) is 34.2 Å². The first-order chi connectivity index (χ1) is 10.4. The molecule has 0 unspecified atom stereocenters.